The second-order valence-electron chi connectivity index (χ2n) is 10.7. The molecule has 2 aromatic carbocycles. The van der Waals surface area contributed by atoms with Crippen LogP contribution < -0.4 is 9.64 Å². The van der Waals surface area contributed by atoms with Gasteiger partial charge in [-0.3, -0.25) is 14.5 Å². The van der Waals surface area contributed by atoms with Crippen LogP contribution in [-0.2, 0) is 4.79 Å². The number of rotatable bonds is 9. The van der Waals surface area contributed by atoms with Crippen LogP contribution in [0, 0.1) is 11.8 Å². The van der Waals surface area contributed by atoms with Crippen LogP contribution in [0.1, 0.15) is 73.3 Å². The van der Waals surface area contributed by atoms with E-state index in [1.54, 1.807) is 0 Å². The number of hydrogen-bond donors (Lipinski definition) is 1. The van der Waals surface area contributed by atoms with Gasteiger partial charge < -0.3 is 14.7 Å². The number of anilines is 1. The Hall–Kier alpha value is -3.07. The number of nitrogens with zero attached hydrogens (tertiary/aromatic N) is 2. The zero-order valence-corrected chi connectivity index (χ0v) is 21.2. The smallest absolute Gasteiger partial charge is 0.481 e. The molecule has 5 rings (SSSR count). The maximum atomic E-state index is 13.8. The van der Waals surface area contributed by atoms with Gasteiger partial charge in [0.2, 0.25) is 0 Å². The van der Waals surface area contributed by atoms with E-state index in [1.165, 1.54) is 43.5 Å². The third-order valence-electron chi connectivity index (χ3n) is 8.28. The van der Waals surface area contributed by atoms with Crippen LogP contribution in [0.25, 0.3) is 0 Å². The Labute approximate surface area is 220 Å². The molecular formula is C29H33F3N2O4. The van der Waals surface area contributed by atoms with Crippen molar-refractivity contribution in [2.75, 3.05) is 18.0 Å². The molecule has 9 heteroatoms. The highest BCUT2D eigenvalue weighted by molar-refractivity contribution is 6.07. The van der Waals surface area contributed by atoms with Crippen LogP contribution in [0.15, 0.2) is 48.5 Å². The molecule has 0 radical (unpaired) electrons. The highest BCUT2D eigenvalue weighted by Crippen LogP contribution is 2.51. The zero-order chi connectivity index (χ0) is 26.9. The number of carbonyl (C=O) groups is 2. The van der Waals surface area contributed by atoms with Gasteiger partial charge in [-0.15, -0.1) is 13.2 Å². The van der Waals surface area contributed by atoms with E-state index in [1.807, 2.05) is 23.1 Å². The molecule has 2 fully saturated rings. The van der Waals surface area contributed by atoms with Crippen molar-refractivity contribution in [3.63, 3.8) is 0 Å². The van der Waals surface area contributed by atoms with E-state index < -0.39 is 12.3 Å². The van der Waals surface area contributed by atoms with Gasteiger partial charge in [-0.2, -0.15) is 0 Å². The lowest BCUT2D eigenvalue weighted by Gasteiger charge is -2.49. The number of alkyl halides is 3. The van der Waals surface area contributed by atoms with Crippen molar-refractivity contribution in [1.29, 1.82) is 0 Å². The van der Waals surface area contributed by atoms with Crippen molar-refractivity contribution in [3.8, 4) is 5.75 Å². The Morgan fingerprint density at radius 2 is 1.71 bits per heavy atom. The minimum absolute atomic E-state index is 0.0307. The van der Waals surface area contributed by atoms with Gasteiger partial charge in [0.1, 0.15) is 5.75 Å². The van der Waals surface area contributed by atoms with E-state index in [4.69, 9.17) is 0 Å². The van der Waals surface area contributed by atoms with Crippen LogP contribution in [0.4, 0.5) is 18.9 Å². The first-order valence-corrected chi connectivity index (χ1v) is 13.5. The van der Waals surface area contributed by atoms with Crippen molar-refractivity contribution in [2.45, 2.75) is 69.8 Å². The Morgan fingerprint density at radius 1 is 1.00 bits per heavy atom. The summed E-state index contributed by atoms with van der Waals surface area (Å²) < 4.78 is 41.8. The first kappa shape index (κ1) is 26.5. The summed E-state index contributed by atoms with van der Waals surface area (Å²) in [5.74, 6) is -0.571. The second-order valence-corrected chi connectivity index (χ2v) is 10.7. The van der Waals surface area contributed by atoms with Crippen LogP contribution in [0.5, 0.6) is 5.75 Å². The van der Waals surface area contributed by atoms with Crippen molar-refractivity contribution in [3.05, 3.63) is 59.7 Å². The van der Waals surface area contributed by atoms with Gasteiger partial charge in [-0.05, 0) is 86.4 Å². The molecule has 0 unspecified atom stereocenters. The SMILES string of the molecule is O=C(O)CCCN(CC1CCC1)[C@H]1c2ccccc2N(C(=O)c2ccc(OC(F)(F)F)cc2)[C@@H]2CCC[C@@H]21. The van der Waals surface area contributed by atoms with E-state index in [-0.39, 0.29) is 36.1 Å². The van der Waals surface area contributed by atoms with E-state index in [2.05, 4.69) is 15.7 Å². The van der Waals surface area contributed by atoms with Crippen molar-refractivity contribution < 1.29 is 32.6 Å². The molecule has 2 aliphatic carbocycles. The van der Waals surface area contributed by atoms with Gasteiger partial charge in [0.05, 0.1) is 0 Å². The maximum absolute atomic E-state index is 13.8. The lowest BCUT2D eigenvalue weighted by atomic mass is 9.79. The van der Waals surface area contributed by atoms with E-state index >= 15 is 0 Å². The topological polar surface area (TPSA) is 70.1 Å². The molecule has 2 aromatic rings. The van der Waals surface area contributed by atoms with Crippen molar-refractivity contribution >= 4 is 17.6 Å². The van der Waals surface area contributed by atoms with Gasteiger partial charge in [0.25, 0.3) is 5.91 Å². The molecule has 6 nitrogen and oxygen atoms in total. The highest BCUT2D eigenvalue weighted by Gasteiger charge is 2.48. The molecule has 1 aliphatic heterocycles. The molecule has 3 aliphatic rings. The van der Waals surface area contributed by atoms with Gasteiger partial charge >= 0.3 is 12.3 Å². The quantitative estimate of drug-likeness (QED) is 0.405. The number of halogens is 3. The summed E-state index contributed by atoms with van der Waals surface area (Å²) in [6, 6.07) is 13.1. The summed E-state index contributed by atoms with van der Waals surface area (Å²) in [4.78, 5) is 29.4. The molecule has 204 valence electrons. The molecule has 38 heavy (non-hydrogen) atoms. The number of carboxylic acid groups (broad SMARTS) is 1. The van der Waals surface area contributed by atoms with E-state index in [0.29, 0.717) is 24.4 Å². The first-order valence-electron chi connectivity index (χ1n) is 13.5. The van der Waals surface area contributed by atoms with Crippen LogP contribution in [0.3, 0.4) is 0 Å². The predicted molar refractivity (Wildman–Crippen MR) is 136 cm³/mol. The number of para-hydroxylation sites is 1. The third-order valence-corrected chi connectivity index (χ3v) is 8.28. The van der Waals surface area contributed by atoms with E-state index in [9.17, 15) is 27.9 Å². The first-order chi connectivity index (χ1) is 18.2. The molecule has 1 heterocycles. The Bertz CT molecular complexity index is 1150. The van der Waals surface area contributed by atoms with Crippen molar-refractivity contribution in [2.24, 2.45) is 11.8 Å². The van der Waals surface area contributed by atoms with Gasteiger partial charge in [0, 0.05) is 36.3 Å². The number of benzene rings is 2. The normalized spacial score (nSPS) is 23.1. The molecular weight excluding hydrogens is 497 g/mol. The summed E-state index contributed by atoms with van der Waals surface area (Å²) in [7, 11) is 0. The van der Waals surface area contributed by atoms with Crippen LogP contribution in [0.2, 0.25) is 0 Å². The maximum Gasteiger partial charge on any atom is 0.573 e. The van der Waals surface area contributed by atoms with Crippen LogP contribution >= 0.6 is 0 Å². The lowest BCUT2D eigenvalue weighted by Crippen LogP contribution is -2.52. The number of amides is 1. The Balaban J connectivity index is 1.46. The van der Waals surface area contributed by atoms with Crippen LogP contribution in [-0.4, -0.2) is 47.4 Å². The minimum atomic E-state index is -4.79. The molecule has 0 saturated heterocycles. The fourth-order valence-corrected chi connectivity index (χ4v) is 6.47. The lowest BCUT2D eigenvalue weighted by molar-refractivity contribution is -0.274. The van der Waals surface area contributed by atoms with E-state index in [0.717, 1.165) is 37.1 Å². The van der Waals surface area contributed by atoms with Gasteiger partial charge in [-0.25, -0.2) is 0 Å². The zero-order valence-electron chi connectivity index (χ0n) is 21.2. The number of carboxylic acids is 1. The molecule has 2 saturated carbocycles. The predicted octanol–water partition coefficient (Wildman–Crippen LogP) is 6.42. The molecule has 0 bridgehead atoms. The molecule has 0 spiro atoms. The average Bonchev–Trinajstić information content (AvgIpc) is 3.31. The largest absolute Gasteiger partial charge is 0.573 e. The van der Waals surface area contributed by atoms with Crippen molar-refractivity contribution in [1.82, 2.24) is 4.90 Å². The number of carbonyl (C=O) groups excluding carboxylic acids is 1. The summed E-state index contributed by atoms with van der Waals surface area (Å²) in [6.07, 6.45) is 2.32. The Kier molecular flexibility index (Phi) is 7.66. The standard InChI is InChI=1S/C29H33F3N2O4/c30-29(31,32)38-21-15-13-20(14-16-21)28(37)34-24-10-2-1-8-22(24)27(23-9-4-11-25(23)34)33(17-5-12-26(35)36)18-19-6-3-7-19/h1-2,8,10,13-16,19,23,25,27H,3-7,9,11-12,17-18H2,(H,35,36)/t23-,25+,27-/m0/s1. The highest BCUT2D eigenvalue weighted by atomic mass is 19.4. The van der Waals surface area contributed by atoms with Gasteiger partial charge in [0.15, 0.2) is 0 Å². The summed E-state index contributed by atoms with van der Waals surface area (Å²) >= 11 is 0. The summed E-state index contributed by atoms with van der Waals surface area (Å²) in [6.45, 7) is 1.62. The number of fused-ring (bicyclic) bond motifs is 2. The average molecular weight is 531 g/mol. The number of ether oxygens (including phenoxy) is 1. The molecule has 3 atom stereocenters. The van der Waals surface area contributed by atoms with Gasteiger partial charge in [-0.1, -0.05) is 31.0 Å². The number of hydrogen-bond acceptors (Lipinski definition) is 4. The fraction of sp³-hybridized carbons (Fsp3) is 0.517. The Morgan fingerprint density at radius 3 is 2.37 bits per heavy atom. The molecule has 1 amide bonds. The second kappa shape index (κ2) is 11.0. The molecule has 0 aromatic heterocycles. The fourth-order valence-electron chi connectivity index (χ4n) is 6.47. The monoisotopic (exact) mass is 530 g/mol. The minimum Gasteiger partial charge on any atom is -0.481 e. The number of aliphatic carboxylic acids is 1. The summed E-state index contributed by atoms with van der Waals surface area (Å²) in [5.41, 5.74) is 2.21. The summed E-state index contributed by atoms with van der Waals surface area (Å²) in [5, 5.41) is 9.23. The molecule has 1 N–H and O–H groups in total. The third kappa shape index (κ3) is 5.67.